The fourth-order valence-electron chi connectivity index (χ4n) is 5.25. The van der Waals surface area contributed by atoms with E-state index in [1.165, 1.54) is 12.1 Å². The van der Waals surface area contributed by atoms with Gasteiger partial charge in [-0.1, -0.05) is 6.07 Å². The van der Waals surface area contributed by atoms with Crippen molar-refractivity contribution in [2.75, 3.05) is 43.0 Å². The third-order valence-electron chi connectivity index (χ3n) is 7.16. The van der Waals surface area contributed by atoms with Crippen LogP contribution in [0.3, 0.4) is 0 Å². The molecule has 2 fully saturated rings. The zero-order chi connectivity index (χ0) is 27.9. The highest BCUT2D eigenvalue weighted by atomic mass is 19.1. The summed E-state index contributed by atoms with van der Waals surface area (Å²) >= 11 is 0. The van der Waals surface area contributed by atoms with E-state index in [0.717, 1.165) is 12.8 Å². The van der Waals surface area contributed by atoms with Crippen LogP contribution in [-0.4, -0.2) is 88.5 Å². The first-order chi connectivity index (χ1) is 18.6. The number of rotatable bonds is 6. The molecule has 39 heavy (non-hydrogen) atoms. The number of urea groups is 1. The number of ether oxygens (including phenoxy) is 2. The van der Waals surface area contributed by atoms with Crippen molar-refractivity contribution in [1.82, 2.24) is 20.2 Å². The first kappa shape index (κ1) is 27.1. The highest BCUT2D eigenvalue weighted by molar-refractivity contribution is 6.03. The molecular formula is C27H35FN6O5. The molecule has 3 aliphatic heterocycles. The summed E-state index contributed by atoms with van der Waals surface area (Å²) in [5, 5.41) is 14.1. The SMILES string of the molecule is CCN1CC(C)(C)Oc2nc(N3CC4CCC(C3)O4)nc(-c3ccc(NC(=O)N[C@H](C)CO)c(F)c3)c2C1=O. The van der Waals surface area contributed by atoms with E-state index < -0.39 is 23.5 Å². The molecule has 0 aliphatic carbocycles. The van der Waals surface area contributed by atoms with Crippen LogP contribution in [0, 0.1) is 5.82 Å². The normalized spacial score (nSPS) is 22.6. The van der Waals surface area contributed by atoms with Crippen LogP contribution in [0.2, 0.25) is 0 Å². The first-order valence-corrected chi connectivity index (χ1v) is 13.4. The van der Waals surface area contributed by atoms with Crippen molar-refractivity contribution < 1.29 is 28.6 Å². The number of carbonyl (C=O) groups is 2. The van der Waals surface area contributed by atoms with Gasteiger partial charge in [-0.05, 0) is 52.7 Å². The van der Waals surface area contributed by atoms with E-state index in [-0.39, 0.29) is 47.5 Å². The van der Waals surface area contributed by atoms with E-state index >= 15 is 4.39 Å². The molecular weight excluding hydrogens is 507 g/mol. The molecule has 2 unspecified atom stereocenters. The molecule has 12 heteroatoms. The van der Waals surface area contributed by atoms with Gasteiger partial charge in [-0.25, -0.2) is 14.2 Å². The van der Waals surface area contributed by atoms with Gasteiger partial charge in [0.2, 0.25) is 11.8 Å². The largest absolute Gasteiger partial charge is 0.469 e. The molecule has 3 amide bonds. The number of amides is 3. The molecule has 3 aliphatic rings. The monoisotopic (exact) mass is 542 g/mol. The van der Waals surface area contributed by atoms with Crippen molar-refractivity contribution in [3.63, 3.8) is 0 Å². The summed E-state index contributed by atoms with van der Waals surface area (Å²) in [6.45, 7) is 9.11. The Kier molecular flexibility index (Phi) is 7.34. The van der Waals surface area contributed by atoms with Gasteiger partial charge < -0.3 is 35.0 Å². The van der Waals surface area contributed by atoms with Gasteiger partial charge >= 0.3 is 6.03 Å². The maximum Gasteiger partial charge on any atom is 0.319 e. The number of anilines is 2. The van der Waals surface area contributed by atoms with Crippen LogP contribution in [-0.2, 0) is 4.74 Å². The fraction of sp³-hybridized carbons (Fsp3) is 0.556. The molecule has 2 aromatic rings. The third kappa shape index (κ3) is 5.62. The molecule has 1 aromatic heterocycles. The molecule has 11 nitrogen and oxygen atoms in total. The van der Waals surface area contributed by atoms with E-state index in [4.69, 9.17) is 24.5 Å². The van der Waals surface area contributed by atoms with E-state index in [0.29, 0.717) is 37.7 Å². The summed E-state index contributed by atoms with van der Waals surface area (Å²) in [5.74, 6) is -0.425. The van der Waals surface area contributed by atoms with Crippen molar-refractivity contribution in [3.8, 4) is 17.1 Å². The van der Waals surface area contributed by atoms with E-state index in [1.54, 1.807) is 17.9 Å². The van der Waals surface area contributed by atoms with Gasteiger partial charge in [0, 0.05) is 25.2 Å². The molecule has 4 heterocycles. The van der Waals surface area contributed by atoms with E-state index in [1.807, 2.05) is 25.7 Å². The average molecular weight is 543 g/mol. The Morgan fingerprint density at radius 2 is 1.97 bits per heavy atom. The van der Waals surface area contributed by atoms with Crippen LogP contribution in [0.4, 0.5) is 20.8 Å². The molecule has 0 radical (unpaired) electrons. The number of aromatic nitrogens is 2. The number of likely N-dealkylation sites (N-methyl/N-ethyl adjacent to an activating group) is 1. The highest BCUT2D eigenvalue weighted by Crippen LogP contribution is 2.38. The first-order valence-electron chi connectivity index (χ1n) is 13.4. The Balaban J connectivity index is 1.57. The van der Waals surface area contributed by atoms with Crippen molar-refractivity contribution >= 4 is 23.6 Å². The Bertz CT molecular complexity index is 1260. The van der Waals surface area contributed by atoms with Gasteiger partial charge in [0.15, 0.2) is 0 Å². The standard InChI is InChI=1S/C27H35FN6O5/c1-5-33-14-27(3,4)39-23-21(24(33)36)22(31-25(32-23)34-11-17-7-8-18(12-34)38-17)16-6-9-20(19(28)10-16)30-26(37)29-15(2)13-35/h6,9-10,15,17-18,35H,5,7-8,11-14H2,1-4H3,(H2,29,30,37)/t15-,17?,18?/m1/s1. The Hall–Kier alpha value is -3.51. The van der Waals surface area contributed by atoms with Crippen molar-refractivity contribution in [1.29, 1.82) is 0 Å². The van der Waals surface area contributed by atoms with E-state index in [2.05, 4.69) is 10.6 Å². The zero-order valence-corrected chi connectivity index (χ0v) is 22.7. The number of carbonyl (C=O) groups excluding carboxylic acids is 2. The molecule has 1 aromatic carbocycles. The van der Waals surface area contributed by atoms with Crippen molar-refractivity contribution in [2.24, 2.45) is 0 Å². The number of hydrogen-bond donors (Lipinski definition) is 3. The van der Waals surface area contributed by atoms with Gasteiger partial charge in [0.1, 0.15) is 17.0 Å². The summed E-state index contributed by atoms with van der Waals surface area (Å²) in [4.78, 5) is 39.1. The number of fused-ring (bicyclic) bond motifs is 3. The number of hydrogen-bond acceptors (Lipinski definition) is 8. The minimum Gasteiger partial charge on any atom is -0.469 e. The van der Waals surface area contributed by atoms with Crippen molar-refractivity contribution in [2.45, 2.75) is 64.4 Å². The minimum atomic E-state index is -0.706. The third-order valence-corrected chi connectivity index (χ3v) is 7.16. The second-order valence-electron chi connectivity index (χ2n) is 11.0. The second kappa shape index (κ2) is 10.6. The maximum atomic E-state index is 15.3. The smallest absolute Gasteiger partial charge is 0.319 e. The maximum absolute atomic E-state index is 15.3. The van der Waals surface area contributed by atoms with Crippen LogP contribution >= 0.6 is 0 Å². The number of aliphatic hydroxyl groups is 1. The predicted molar refractivity (Wildman–Crippen MR) is 143 cm³/mol. The zero-order valence-electron chi connectivity index (χ0n) is 22.7. The molecule has 3 atom stereocenters. The minimum absolute atomic E-state index is 0.0505. The van der Waals surface area contributed by atoms with Gasteiger partial charge in [-0.2, -0.15) is 4.98 Å². The number of aliphatic hydroxyl groups excluding tert-OH is 1. The Morgan fingerprint density at radius 3 is 2.62 bits per heavy atom. The van der Waals surface area contributed by atoms with Crippen LogP contribution < -0.4 is 20.3 Å². The topological polar surface area (TPSA) is 129 Å². The summed E-state index contributed by atoms with van der Waals surface area (Å²) in [5.41, 5.74) is 0.0364. The molecule has 5 rings (SSSR count). The summed E-state index contributed by atoms with van der Waals surface area (Å²) in [6, 6.07) is 3.12. The number of nitrogens with zero attached hydrogens (tertiary/aromatic N) is 4. The van der Waals surface area contributed by atoms with Gasteiger partial charge in [0.25, 0.3) is 5.91 Å². The van der Waals surface area contributed by atoms with Crippen LogP contribution in [0.5, 0.6) is 5.88 Å². The summed E-state index contributed by atoms with van der Waals surface area (Å²) in [6.07, 6.45) is 2.12. The lowest BCUT2D eigenvalue weighted by molar-refractivity contribution is 0.0297. The summed E-state index contributed by atoms with van der Waals surface area (Å²) in [7, 11) is 0. The van der Waals surface area contributed by atoms with Crippen LogP contribution in [0.25, 0.3) is 11.3 Å². The molecule has 3 N–H and O–H groups in total. The Morgan fingerprint density at radius 1 is 1.26 bits per heavy atom. The second-order valence-corrected chi connectivity index (χ2v) is 11.0. The van der Waals surface area contributed by atoms with Crippen LogP contribution in [0.1, 0.15) is 50.9 Å². The quantitative estimate of drug-likeness (QED) is 0.508. The molecule has 2 saturated heterocycles. The fourth-order valence-corrected chi connectivity index (χ4v) is 5.25. The number of halogens is 1. The lowest BCUT2D eigenvalue weighted by atomic mass is 10.0. The number of benzene rings is 1. The molecule has 0 spiro atoms. The Labute approximate surface area is 226 Å². The average Bonchev–Trinajstić information content (AvgIpc) is 3.19. The van der Waals surface area contributed by atoms with Crippen molar-refractivity contribution in [3.05, 3.63) is 29.6 Å². The van der Waals surface area contributed by atoms with Gasteiger partial charge in [-0.15, -0.1) is 0 Å². The van der Waals surface area contributed by atoms with Gasteiger partial charge in [0.05, 0.1) is 42.8 Å². The lowest BCUT2D eigenvalue weighted by Crippen LogP contribution is -2.43. The number of morpholine rings is 1. The lowest BCUT2D eigenvalue weighted by Gasteiger charge is -2.33. The van der Waals surface area contributed by atoms with Crippen LogP contribution in [0.15, 0.2) is 18.2 Å². The molecule has 210 valence electrons. The van der Waals surface area contributed by atoms with E-state index in [9.17, 15) is 9.59 Å². The number of nitrogens with one attached hydrogen (secondary N) is 2. The van der Waals surface area contributed by atoms with Gasteiger partial charge in [-0.3, -0.25) is 4.79 Å². The highest BCUT2D eigenvalue weighted by Gasteiger charge is 2.39. The molecule has 2 bridgehead atoms. The molecule has 0 saturated carbocycles. The predicted octanol–water partition coefficient (Wildman–Crippen LogP) is 2.79. The summed E-state index contributed by atoms with van der Waals surface area (Å²) < 4.78 is 27.6.